The van der Waals surface area contributed by atoms with Gasteiger partial charge in [-0.3, -0.25) is 0 Å². The van der Waals surface area contributed by atoms with Crippen molar-refractivity contribution in [2.45, 2.75) is 19.9 Å². The van der Waals surface area contributed by atoms with Gasteiger partial charge in [-0.2, -0.15) is 0 Å². The van der Waals surface area contributed by atoms with Crippen LogP contribution >= 0.6 is 15.9 Å². The Kier molecular flexibility index (Phi) is 3.88. The largest absolute Gasteiger partial charge is 0.459 e. The molecule has 0 fully saturated rings. The standard InChI is InChI=1S/C14H15BrFNO/c1-8-6-11(15)12(16)7-10(8)14-5-4-13(18-14)9(2)17-3/h4-7,9,17H,1-3H3. The van der Waals surface area contributed by atoms with Gasteiger partial charge in [0, 0.05) is 5.56 Å². The molecule has 0 saturated carbocycles. The van der Waals surface area contributed by atoms with Crippen molar-refractivity contribution in [3.05, 3.63) is 45.9 Å². The first-order chi connectivity index (χ1) is 8.52. The Morgan fingerprint density at radius 3 is 2.72 bits per heavy atom. The maximum absolute atomic E-state index is 13.6. The van der Waals surface area contributed by atoms with Crippen LogP contribution < -0.4 is 5.32 Å². The Labute approximate surface area is 114 Å². The van der Waals surface area contributed by atoms with Gasteiger partial charge in [0.25, 0.3) is 0 Å². The van der Waals surface area contributed by atoms with Crippen LogP contribution in [0.15, 0.2) is 33.2 Å². The fourth-order valence-corrected chi connectivity index (χ4v) is 2.24. The summed E-state index contributed by atoms with van der Waals surface area (Å²) in [6.45, 7) is 3.95. The monoisotopic (exact) mass is 311 g/mol. The Morgan fingerprint density at radius 2 is 2.06 bits per heavy atom. The number of aryl methyl sites for hydroxylation is 1. The molecule has 0 aliphatic rings. The van der Waals surface area contributed by atoms with E-state index in [1.54, 1.807) is 6.07 Å². The molecule has 18 heavy (non-hydrogen) atoms. The summed E-state index contributed by atoms with van der Waals surface area (Å²) < 4.78 is 19.8. The van der Waals surface area contributed by atoms with E-state index in [0.717, 1.165) is 16.9 Å². The Bertz CT molecular complexity index is 565. The molecule has 4 heteroatoms. The summed E-state index contributed by atoms with van der Waals surface area (Å²) in [5.74, 6) is 1.25. The topological polar surface area (TPSA) is 25.2 Å². The molecule has 1 unspecified atom stereocenters. The summed E-state index contributed by atoms with van der Waals surface area (Å²) in [5, 5.41) is 3.11. The predicted molar refractivity (Wildman–Crippen MR) is 74.0 cm³/mol. The maximum atomic E-state index is 13.6. The Balaban J connectivity index is 2.43. The number of rotatable bonds is 3. The molecular formula is C14H15BrFNO. The summed E-state index contributed by atoms with van der Waals surface area (Å²) in [6.07, 6.45) is 0. The van der Waals surface area contributed by atoms with Crippen molar-refractivity contribution in [1.29, 1.82) is 0 Å². The number of nitrogens with one attached hydrogen (secondary N) is 1. The third-order valence-electron chi connectivity index (χ3n) is 3.02. The number of hydrogen-bond donors (Lipinski definition) is 1. The van der Waals surface area contributed by atoms with Gasteiger partial charge in [0.2, 0.25) is 0 Å². The highest BCUT2D eigenvalue weighted by Gasteiger charge is 2.13. The van der Waals surface area contributed by atoms with Crippen LogP contribution in [0.3, 0.4) is 0 Å². The molecule has 1 aromatic heterocycles. The molecule has 2 rings (SSSR count). The minimum atomic E-state index is -0.282. The van der Waals surface area contributed by atoms with Crippen LogP contribution in [0.4, 0.5) is 4.39 Å². The first-order valence-corrected chi connectivity index (χ1v) is 6.55. The lowest BCUT2D eigenvalue weighted by Crippen LogP contribution is -2.11. The lowest BCUT2D eigenvalue weighted by Gasteiger charge is -2.07. The molecule has 0 bridgehead atoms. The third kappa shape index (κ3) is 2.49. The first-order valence-electron chi connectivity index (χ1n) is 5.76. The average Bonchev–Trinajstić information content (AvgIpc) is 2.82. The molecule has 0 saturated heterocycles. The second kappa shape index (κ2) is 5.24. The molecule has 2 nitrogen and oxygen atoms in total. The van der Waals surface area contributed by atoms with Gasteiger partial charge in [0.15, 0.2) is 0 Å². The van der Waals surface area contributed by atoms with Gasteiger partial charge in [-0.25, -0.2) is 4.39 Å². The number of hydrogen-bond acceptors (Lipinski definition) is 2. The van der Waals surface area contributed by atoms with E-state index >= 15 is 0 Å². The van der Waals surface area contributed by atoms with E-state index in [1.807, 2.05) is 33.0 Å². The highest BCUT2D eigenvalue weighted by Crippen LogP contribution is 2.31. The molecule has 0 amide bonds. The molecule has 1 heterocycles. The summed E-state index contributed by atoms with van der Waals surface area (Å²) in [7, 11) is 1.87. The zero-order valence-corrected chi connectivity index (χ0v) is 12.1. The van der Waals surface area contributed by atoms with Crippen molar-refractivity contribution >= 4 is 15.9 Å². The quantitative estimate of drug-likeness (QED) is 0.906. The summed E-state index contributed by atoms with van der Waals surface area (Å²) in [4.78, 5) is 0. The zero-order chi connectivity index (χ0) is 13.3. The summed E-state index contributed by atoms with van der Waals surface area (Å²) in [5.41, 5.74) is 1.76. The molecule has 1 N–H and O–H groups in total. The minimum absolute atomic E-state index is 0.138. The van der Waals surface area contributed by atoms with Gasteiger partial charge in [-0.1, -0.05) is 0 Å². The van der Waals surface area contributed by atoms with Crippen LogP contribution in [0.1, 0.15) is 24.3 Å². The summed E-state index contributed by atoms with van der Waals surface area (Å²) in [6, 6.07) is 7.18. The van der Waals surface area contributed by atoms with Gasteiger partial charge in [0.1, 0.15) is 17.3 Å². The number of furan rings is 1. The van der Waals surface area contributed by atoms with Crippen molar-refractivity contribution in [2.75, 3.05) is 7.05 Å². The third-order valence-corrected chi connectivity index (χ3v) is 3.63. The second-order valence-corrected chi connectivity index (χ2v) is 5.15. The lowest BCUT2D eigenvalue weighted by atomic mass is 10.1. The van der Waals surface area contributed by atoms with E-state index in [1.165, 1.54) is 6.07 Å². The van der Waals surface area contributed by atoms with Gasteiger partial charge in [-0.15, -0.1) is 0 Å². The molecule has 96 valence electrons. The molecule has 0 aliphatic carbocycles. The van der Waals surface area contributed by atoms with Crippen LogP contribution in [0.5, 0.6) is 0 Å². The van der Waals surface area contributed by atoms with E-state index in [4.69, 9.17) is 4.42 Å². The SMILES string of the molecule is CNC(C)c1ccc(-c2cc(F)c(Br)cc2C)o1. The van der Waals surface area contributed by atoms with Crippen molar-refractivity contribution in [3.8, 4) is 11.3 Å². The van der Waals surface area contributed by atoms with E-state index in [9.17, 15) is 4.39 Å². The van der Waals surface area contributed by atoms with Crippen LogP contribution in [-0.4, -0.2) is 7.05 Å². The molecule has 2 aromatic rings. The predicted octanol–water partition coefficient (Wildman–Crippen LogP) is 4.44. The Hall–Kier alpha value is -1.13. The number of benzene rings is 1. The van der Waals surface area contributed by atoms with Crippen LogP contribution in [-0.2, 0) is 0 Å². The van der Waals surface area contributed by atoms with Gasteiger partial charge >= 0.3 is 0 Å². The molecule has 0 radical (unpaired) electrons. The van der Waals surface area contributed by atoms with Crippen LogP contribution in [0.25, 0.3) is 11.3 Å². The zero-order valence-electron chi connectivity index (χ0n) is 10.6. The second-order valence-electron chi connectivity index (χ2n) is 4.29. The van der Waals surface area contributed by atoms with Crippen molar-refractivity contribution in [1.82, 2.24) is 5.32 Å². The molecule has 1 aromatic carbocycles. The highest BCUT2D eigenvalue weighted by molar-refractivity contribution is 9.10. The lowest BCUT2D eigenvalue weighted by molar-refractivity contribution is 0.458. The maximum Gasteiger partial charge on any atom is 0.138 e. The van der Waals surface area contributed by atoms with Gasteiger partial charge < -0.3 is 9.73 Å². The minimum Gasteiger partial charge on any atom is -0.459 e. The van der Waals surface area contributed by atoms with Gasteiger partial charge in [0.05, 0.1) is 10.5 Å². The van der Waals surface area contributed by atoms with Crippen LogP contribution in [0, 0.1) is 12.7 Å². The highest BCUT2D eigenvalue weighted by atomic mass is 79.9. The smallest absolute Gasteiger partial charge is 0.138 e. The van der Waals surface area contributed by atoms with Crippen molar-refractivity contribution in [3.63, 3.8) is 0 Å². The molecule has 1 atom stereocenters. The van der Waals surface area contributed by atoms with E-state index in [2.05, 4.69) is 21.2 Å². The van der Waals surface area contributed by atoms with Crippen LogP contribution in [0.2, 0.25) is 0 Å². The van der Waals surface area contributed by atoms with E-state index < -0.39 is 0 Å². The van der Waals surface area contributed by atoms with Crippen molar-refractivity contribution < 1.29 is 8.81 Å². The van der Waals surface area contributed by atoms with E-state index in [0.29, 0.717) is 10.2 Å². The normalized spacial score (nSPS) is 12.7. The average molecular weight is 312 g/mol. The molecule has 0 spiro atoms. The molecule has 0 aliphatic heterocycles. The Morgan fingerprint density at radius 1 is 1.33 bits per heavy atom. The van der Waals surface area contributed by atoms with Gasteiger partial charge in [-0.05, 0) is 66.7 Å². The van der Waals surface area contributed by atoms with Crippen molar-refractivity contribution in [2.24, 2.45) is 0 Å². The fourth-order valence-electron chi connectivity index (χ4n) is 1.78. The number of halogens is 2. The fraction of sp³-hybridized carbons (Fsp3) is 0.286. The summed E-state index contributed by atoms with van der Waals surface area (Å²) >= 11 is 3.18. The molecular weight excluding hydrogens is 297 g/mol. The first kappa shape index (κ1) is 13.3. The van der Waals surface area contributed by atoms with E-state index in [-0.39, 0.29) is 11.9 Å².